The van der Waals surface area contributed by atoms with E-state index in [-0.39, 0.29) is 12.1 Å². The molecule has 0 rings (SSSR count). The first-order chi connectivity index (χ1) is 10.2. The van der Waals surface area contributed by atoms with E-state index < -0.39 is 0 Å². The molecular weight excluding hydrogens is 268 g/mol. The van der Waals surface area contributed by atoms with Gasteiger partial charge in [0, 0.05) is 19.6 Å². The van der Waals surface area contributed by atoms with Crippen molar-refractivity contribution >= 4 is 5.97 Å². The van der Waals surface area contributed by atoms with Crippen LogP contribution in [0.4, 0.5) is 0 Å². The second-order valence-electron chi connectivity index (χ2n) is 5.30. The molecule has 21 heavy (non-hydrogen) atoms. The van der Waals surface area contributed by atoms with Crippen LogP contribution in [-0.2, 0) is 19.0 Å². The van der Waals surface area contributed by atoms with Crippen molar-refractivity contribution in [1.82, 2.24) is 0 Å². The summed E-state index contributed by atoms with van der Waals surface area (Å²) in [6, 6.07) is 0. The van der Waals surface area contributed by atoms with Crippen LogP contribution in [0.3, 0.4) is 0 Å². The average molecular weight is 302 g/mol. The molecule has 0 aliphatic rings. The minimum Gasteiger partial charge on any atom is -0.457 e. The molecule has 0 heterocycles. The lowest BCUT2D eigenvalue weighted by Crippen LogP contribution is -2.28. The van der Waals surface area contributed by atoms with Crippen molar-refractivity contribution in [2.45, 2.75) is 78.2 Å². The fraction of sp³-hybridized carbons (Fsp3) is 0.941. The molecule has 0 amide bonds. The molecule has 0 aliphatic heterocycles. The number of rotatable bonds is 15. The molecule has 0 unspecified atom stereocenters. The maximum absolute atomic E-state index is 11.8. The first kappa shape index (κ1) is 20.4. The third-order valence-electron chi connectivity index (χ3n) is 3.30. The van der Waals surface area contributed by atoms with Crippen LogP contribution in [0.25, 0.3) is 0 Å². The van der Waals surface area contributed by atoms with Crippen LogP contribution in [-0.4, -0.2) is 38.5 Å². The molecule has 0 bridgehead atoms. The average Bonchev–Trinajstić information content (AvgIpc) is 2.49. The van der Waals surface area contributed by atoms with E-state index in [0.29, 0.717) is 32.8 Å². The van der Waals surface area contributed by atoms with Crippen LogP contribution >= 0.6 is 0 Å². The molecule has 4 heteroatoms. The molecule has 126 valence electrons. The van der Waals surface area contributed by atoms with E-state index >= 15 is 0 Å². The first-order valence-electron chi connectivity index (χ1n) is 8.59. The van der Waals surface area contributed by atoms with E-state index in [1.807, 2.05) is 13.8 Å². The lowest BCUT2D eigenvalue weighted by molar-refractivity contribution is -0.156. The monoisotopic (exact) mass is 302 g/mol. The standard InChI is InChI=1S/C17H34O4/c1-4-7-8-9-10-11-12-13-17(18)21-16(14-19-5-2)15-20-6-3/h16H,4-15H2,1-3H3. The van der Waals surface area contributed by atoms with E-state index in [2.05, 4.69) is 6.92 Å². The topological polar surface area (TPSA) is 44.8 Å². The summed E-state index contributed by atoms with van der Waals surface area (Å²) in [6.07, 6.45) is 8.65. The summed E-state index contributed by atoms with van der Waals surface area (Å²) < 4.78 is 16.0. The van der Waals surface area contributed by atoms with Crippen molar-refractivity contribution in [2.75, 3.05) is 26.4 Å². The summed E-state index contributed by atoms with van der Waals surface area (Å²) in [7, 11) is 0. The zero-order valence-electron chi connectivity index (χ0n) is 14.2. The van der Waals surface area contributed by atoms with Gasteiger partial charge in [-0.25, -0.2) is 0 Å². The predicted octanol–water partition coefficient (Wildman–Crippen LogP) is 4.11. The van der Waals surface area contributed by atoms with Gasteiger partial charge in [-0.05, 0) is 20.3 Å². The Labute approximate surface area is 130 Å². The van der Waals surface area contributed by atoms with Crippen LogP contribution in [0.15, 0.2) is 0 Å². The Balaban J connectivity index is 3.66. The van der Waals surface area contributed by atoms with Gasteiger partial charge < -0.3 is 14.2 Å². The number of ether oxygens (including phenoxy) is 3. The molecule has 0 radical (unpaired) electrons. The number of carbonyl (C=O) groups excluding carboxylic acids is 1. The largest absolute Gasteiger partial charge is 0.457 e. The van der Waals surface area contributed by atoms with Gasteiger partial charge in [-0.2, -0.15) is 0 Å². The molecule has 0 aliphatic carbocycles. The summed E-state index contributed by atoms with van der Waals surface area (Å²) in [5.41, 5.74) is 0. The van der Waals surface area contributed by atoms with Crippen molar-refractivity contribution in [3.8, 4) is 0 Å². The van der Waals surface area contributed by atoms with Gasteiger partial charge in [0.25, 0.3) is 0 Å². The minimum absolute atomic E-state index is 0.132. The zero-order chi connectivity index (χ0) is 15.8. The molecule has 0 aromatic rings. The van der Waals surface area contributed by atoms with Gasteiger partial charge in [0.05, 0.1) is 13.2 Å². The Bertz CT molecular complexity index is 223. The number of esters is 1. The second-order valence-corrected chi connectivity index (χ2v) is 5.30. The van der Waals surface area contributed by atoms with Gasteiger partial charge in [0.2, 0.25) is 0 Å². The van der Waals surface area contributed by atoms with Gasteiger partial charge >= 0.3 is 5.97 Å². The van der Waals surface area contributed by atoms with Crippen LogP contribution in [0, 0.1) is 0 Å². The lowest BCUT2D eigenvalue weighted by Gasteiger charge is -2.17. The fourth-order valence-corrected chi connectivity index (χ4v) is 2.09. The third-order valence-corrected chi connectivity index (χ3v) is 3.30. The molecule has 0 fully saturated rings. The Kier molecular flexibility index (Phi) is 15.3. The summed E-state index contributed by atoms with van der Waals surface area (Å²) in [5.74, 6) is -0.132. The summed E-state index contributed by atoms with van der Waals surface area (Å²) in [5, 5.41) is 0. The van der Waals surface area contributed by atoms with E-state index in [9.17, 15) is 4.79 Å². The van der Waals surface area contributed by atoms with E-state index in [1.54, 1.807) is 0 Å². The normalized spacial score (nSPS) is 11.0. The highest BCUT2D eigenvalue weighted by Crippen LogP contribution is 2.09. The van der Waals surface area contributed by atoms with Crippen LogP contribution in [0.2, 0.25) is 0 Å². The number of carbonyl (C=O) groups is 1. The van der Waals surface area contributed by atoms with Crippen molar-refractivity contribution in [1.29, 1.82) is 0 Å². The van der Waals surface area contributed by atoms with Crippen LogP contribution < -0.4 is 0 Å². The van der Waals surface area contributed by atoms with Crippen molar-refractivity contribution in [3.63, 3.8) is 0 Å². The van der Waals surface area contributed by atoms with Crippen molar-refractivity contribution in [3.05, 3.63) is 0 Å². The van der Waals surface area contributed by atoms with Gasteiger partial charge in [0.1, 0.15) is 6.10 Å². The quantitative estimate of drug-likeness (QED) is 0.337. The number of hydrogen-bond acceptors (Lipinski definition) is 4. The fourth-order valence-electron chi connectivity index (χ4n) is 2.09. The van der Waals surface area contributed by atoms with E-state index in [4.69, 9.17) is 14.2 Å². The molecule has 0 saturated heterocycles. The Morgan fingerprint density at radius 1 is 0.810 bits per heavy atom. The zero-order valence-corrected chi connectivity index (χ0v) is 14.2. The molecule has 0 spiro atoms. The lowest BCUT2D eigenvalue weighted by atomic mass is 10.1. The Hall–Kier alpha value is -0.610. The molecule has 0 aromatic carbocycles. The number of unbranched alkanes of at least 4 members (excludes halogenated alkanes) is 6. The maximum Gasteiger partial charge on any atom is 0.306 e. The van der Waals surface area contributed by atoms with E-state index in [1.165, 1.54) is 32.1 Å². The third kappa shape index (κ3) is 14.1. The second kappa shape index (κ2) is 15.8. The number of hydrogen-bond donors (Lipinski definition) is 0. The molecule has 0 N–H and O–H groups in total. The highest BCUT2D eigenvalue weighted by molar-refractivity contribution is 5.69. The predicted molar refractivity (Wildman–Crippen MR) is 85.5 cm³/mol. The SMILES string of the molecule is CCCCCCCCCC(=O)OC(COCC)COCC. The highest BCUT2D eigenvalue weighted by atomic mass is 16.6. The van der Waals surface area contributed by atoms with E-state index in [0.717, 1.165) is 12.8 Å². The molecule has 0 aromatic heterocycles. The Morgan fingerprint density at radius 2 is 1.33 bits per heavy atom. The summed E-state index contributed by atoms with van der Waals surface area (Å²) in [6.45, 7) is 8.15. The molecule has 0 atom stereocenters. The smallest absolute Gasteiger partial charge is 0.306 e. The molecular formula is C17H34O4. The minimum atomic E-state index is -0.276. The highest BCUT2D eigenvalue weighted by Gasteiger charge is 2.14. The molecule has 0 saturated carbocycles. The van der Waals surface area contributed by atoms with Gasteiger partial charge in [-0.15, -0.1) is 0 Å². The Morgan fingerprint density at radius 3 is 1.86 bits per heavy atom. The van der Waals surface area contributed by atoms with Crippen LogP contribution in [0.1, 0.15) is 72.1 Å². The van der Waals surface area contributed by atoms with Crippen LogP contribution in [0.5, 0.6) is 0 Å². The van der Waals surface area contributed by atoms with Crippen molar-refractivity contribution < 1.29 is 19.0 Å². The van der Waals surface area contributed by atoms with Crippen molar-refractivity contribution in [2.24, 2.45) is 0 Å². The summed E-state index contributed by atoms with van der Waals surface area (Å²) in [4.78, 5) is 11.8. The maximum atomic E-state index is 11.8. The van der Waals surface area contributed by atoms with Gasteiger partial charge in [0.15, 0.2) is 0 Å². The molecule has 4 nitrogen and oxygen atoms in total. The summed E-state index contributed by atoms with van der Waals surface area (Å²) >= 11 is 0. The van der Waals surface area contributed by atoms with Gasteiger partial charge in [-0.3, -0.25) is 4.79 Å². The van der Waals surface area contributed by atoms with Gasteiger partial charge in [-0.1, -0.05) is 45.4 Å². The first-order valence-corrected chi connectivity index (χ1v) is 8.59.